The fourth-order valence-corrected chi connectivity index (χ4v) is 2.27. The van der Waals surface area contributed by atoms with Crippen LogP contribution < -0.4 is 15.4 Å². The van der Waals surface area contributed by atoms with Gasteiger partial charge in [-0.15, -0.1) is 0 Å². The molecule has 0 atom stereocenters. The lowest BCUT2D eigenvalue weighted by Crippen LogP contribution is -2.22. The van der Waals surface area contributed by atoms with Crippen LogP contribution in [0.4, 0.5) is 11.4 Å². The van der Waals surface area contributed by atoms with E-state index in [1.165, 1.54) is 13.2 Å². The molecule has 0 heterocycles. The van der Waals surface area contributed by atoms with Crippen LogP contribution in [0.1, 0.15) is 23.7 Å². The fraction of sp³-hybridized carbons (Fsp3) is 0.211. The van der Waals surface area contributed by atoms with Gasteiger partial charge in [0.2, 0.25) is 11.8 Å². The predicted octanol–water partition coefficient (Wildman–Crippen LogP) is 2.84. The Kier molecular flexibility index (Phi) is 6.73. The number of benzene rings is 2. The summed E-state index contributed by atoms with van der Waals surface area (Å²) >= 11 is 0. The van der Waals surface area contributed by atoms with Gasteiger partial charge < -0.3 is 20.1 Å². The van der Waals surface area contributed by atoms with E-state index in [4.69, 9.17) is 4.74 Å². The van der Waals surface area contributed by atoms with Crippen LogP contribution in [0, 0.1) is 0 Å². The maximum atomic E-state index is 12.1. The normalized spacial score (nSPS) is 9.92. The Balaban J connectivity index is 2.01. The summed E-state index contributed by atoms with van der Waals surface area (Å²) in [6, 6.07) is 13.4. The molecular formula is C19H20N2O5. The van der Waals surface area contributed by atoms with E-state index >= 15 is 0 Å². The second-order valence-corrected chi connectivity index (χ2v) is 5.24. The van der Waals surface area contributed by atoms with Crippen molar-refractivity contribution < 1.29 is 23.9 Å². The van der Waals surface area contributed by atoms with E-state index in [1.54, 1.807) is 42.5 Å². The highest BCUT2D eigenvalue weighted by atomic mass is 16.5. The van der Waals surface area contributed by atoms with Crippen LogP contribution in [-0.4, -0.2) is 31.5 Å². The van der Waals surface area contributed by atoms with Crippen molar-refractivity contribution in [3.63, 3.8) is 0 Å². The molecule has 0 spiro atoms. The lowest BCUT2D eigenvalue weighted by Gasteiger charge is -2.12. The topological polar surface area (TPSA) is 93.7 Å². The van der Waals surface area contributed by atoms with Crippen molar-refractivity contribution in [3.8, 4) is 5.75 Å². The number of nitrogens with one attached hydrogen (secondary N) is 2. The third-order valence-electron chi connectivity index (χ3n) is 3.39. The second kappa shape index (κ2) is 9.22. The summed E-state index contributed by atoms with van der Waals surface area (Å²) in [5.74, 6) is -1.09. The van der Waals surface area contributed by atoms with Crippen LogP contribution in [-0.2, 0) is 14.3 Å². The van der Waals surface area contributed by atoms with Crippen molar-refractivity contribution in [2.75, 3.05) is 24.4 Å². The zero-order valence-corrected chi connectivity index (χ0v) is 14.6. The average molecular weight is 356 g/mol. The molecule has 2 aromatic carbocycles. The summed E-state index contributed by atoms with van der Waals surface area (Å²) in [5.41, 5.74) is 0.986. The Bertz CT molecular complexity index is 804. The number of hydrogen-bond donors (Lipinski definition) is 2. The van der Waals surface area contributed by atoms with Crippen LogP contribution in [0.15, 0.2) is 48.5 Å². The standard InChI is InChI=1S/C19H20N2O5/c1-3-26-16-11-7-6-10-15(16)21-18(23)12-17(22)20-14-9-5-4-8-13(14)19(24)25-2/h4-11H,3,12H2,1-2H3,(H,20,22)(H,21,23). The molecule has 2 rings (SSSR count). The number of carbonyl (C=O) groups excluding carboxylic acids is 3. The third-order valence-corrected chi connectivity index (χ3v) is 3.39. The molecule has 0 aromatic heterocycles. The minimum absolute atomic E-state index is 0.213. The van der Waals surface area contributed by atoms with Gasteiger partial charge in [0.15, 0.2) is 0 Å². The smallest absolute Gasteiger partial charge is 0.339 e. The summed E-state index contributed by atoms with van der Waals surface area (Å²) in [7, 11) is 1.25. The van der Waals surface area contributed by atoms with Gasteiger partial charge in [-0.25, -0.2) is 4.79 Å². The van der Waals surface area contributed by atoms with Crippen molar-refractivity contribution in [3.05, 3.63) is 54.1 Å². The lowest BCUT2D eigenvalue weighted by molar-refractivity contribution is -0.123. The van der Waals surface area contributed by atoms with E-state index in [1.807, 2.05) is 6.92 Å². The third kappa shape index (κ3) is 5.07. The number of anilines is 2. The number of hydrogen-bond acceptors (Lipinski definition) is 5. The first-order valence-corrected chi connectivity index (χ1v) is 8.04. The molecule has 2 N–H and O–H groups in total. The Morgan fingerprint density at radius 2 is 1.46 bits per heavy atom. The molecule has 0 radical (unpaired) electrons. The van der Waals surface area contributed by atoms with E-state index in [9.17, 15) is 14.4 Å². The number of carbonyl (C=O) groups is 3. The first-order chi connectivity index (χ1) is 12.5. The Morgan fingerprint density at radius 1 is 0.885 bits per heavy atom. The van der Waals surface area contributed by atoms with Gasteiger partial charge in [-0.1, -0.05) is 24.3 Å². The molecule has 136 valence electrons. The van der Waals surface area contributed by atoms with Gasteiger partial charge in [-0.3, -0.25) is 9.59 Å². The minimum atomic E-state index is -0.573. The molecule has 0 unspecified atom stereocenters. The SMILES string of the molecule is CCOc1ccccc1NC(=O)CC(=O)Nc1ccccc1C(=O)OC. The van der Waals surface area contributed by atoms with Gasteiger partial charge in [0.05, 0.1) is 30.7 Å². The zero-order valence-electron chi connectivity index (χ0n) is 14.6. The van der Waals surface area contributed by atoms with E-state index in [0.717, 1.165) is 0 Å². The van der Waals surface area contributed by atoms with Crippen molar-refractivity contribution in [1.82, 2.24) is 0 Å². The molecular weight excluding hydrogens is 336 g/mol. The van der Waals surface area contributed by atoms with Crippen LogP contribution in [0.5, 0.6) is 5.75 Å². The molecule has 0 saturated carbocycles. The quantitative estimate of drug-likeness (QED) is 0.588. The van der Waals surface area contributed by atoms with E-state index in [-0.39, 0.29) is 11.3 Å². The zero-order chi connectivity index (χ0) is 18.9. The highest BCUT2D eigenvalue weighted by molar-refractivity contribution is 6.10. The van der Waals surface area contributed by atoms with E-state index < -0.39 is 24.2 Å². The number of para-hydroxylation sites is 3. The molecule has 0 fully saturated rings. The summed E-state index contributed by atoms with van der Waals surface area (Å²) in [5, 5.41) is 5.19. The average Bonchev–Trinajstić information content (AvgIpc) is 2.63. The summed E-state index contributed by atoms with van der Waals surface area (Å²) in [6.45, 7) is 2.29. The highest BCUT2D eigenvalue weighted by Gasteiger charge is 2.16. The minimum Gasteiger partial charge on any atom is -0.492 e. The Hall–Kier alpha value is -3.35. The molecule has 7 nitrogen and oxygen atoms in total. The molecule has 0 aliphatic rings. The largest absolute Gasteiger partial charge is 0.492 e. The van der Waals surface area contributed by atoms with Crippen molar-refractivity contribution in [2.45, 2.75) is 13.3 Å². The van der Waals surface area contributed by atoms with Crippen molar-refractivity contribution >= 4 is 29.2 Å². The van der Waals surface area contributed by atoms with Gasteiger partial charge in [0.1, 0.15) is 12.2 Å². The summed E-state index contributed by atoms with van der Waals surface area (Å²) in [4.78, 5) is 36.0. The van der Waals surface area contributed by atoms with E-state index in [2.05, 4.69) is 15.4 Å². The van der Waals surface area contributed by atoms with Crippen LogP contribution in [0.25, 0.3) is 0 Å². The summed E-state index contributed by atoms with van der Waals surface area (Å²) < 4.78 is 10.1. The molecule has 0 saturated heterocycles. The highest BCUT2D eigenvalue weighted by Crippen LogP contribution is 2.24. The molecule has 2 aromatic rings. The number of methoxy groups -OCH3 is 1. The van der Waals surface area contributed by atoms with Gasteiger partial charge in [0.25, 0.3) is 0 Å². The molecule has 7 heteroatoms. The monoisotopic (exact) mass is 356 g/mol. The van der Waals surface area contributed by atoms with Crippen LogP contribution in [0.2, 0.25) is 0 Å². The summed E-state index contributed by atoms with van der Waals surface area (Å²) in [6.07, 6.45) is -0.407. The van der Waals surface area contributed by atoms with Gasteiger partial charge in [-0.05, 0) is 31.2 Å². The van der Waals surface area contributed by atoms with Crippen LogP contribution in [0.3, 0.4) is 0 Å². The molecule has 0 bridgehead atoms. The second-order valence-electron chi connectivity index (χ2n) is 5.24. The van der Waals surface area contributed by atoms with Crippen molar-refractivity contribution in [1.29, 1.82) is 0 Å². The van der Waals surface area contributed by atoms with Gasteiger partial charge in [0, 0.05) is 0 Å². The van der Waals surface area contributed by atoms with Gasteiger partial charge >= 0.3 is 5.97 Å². The van der Waals surface area contributed by atoms with Gasteiger partial charge in [-0.2, -0.15) is 0 Å². The van der Waals surface area contributed by atoms with Crippen molar-refractivity contribution in [2.24, 2.45) is 0 Å². The number of ether oxygens (including phenoxy) is 2. The molecule has 0 aliphatic heterocycles. The fourth-order valence-electron chi connectivity index (χ4n) is 2.27. The Morgan fingerprint density at radius 3 is 2.12 bits per heavy atom. The maximum absolute atomic E-state index is 12.1. The molecule has 0 aliphatic carbocycles. The first-order valence-electron chi connectivity index (χ1n) is 8.04. The number of esters is 1. The van der Waals surface area contributed by atoms with E-state index in [0.29, 0.717) is 18.0 Å². The first kappa shape index (κ1) is 19.0. The Labute approximate surface area is 151 Å². The number of rotatable bonds is 7. The van der Waals surface area contributed by atoms with Crippen LogP contribution >= 0.6 is 0 Å². The molecule has 2 amide bonds. The lowest BCUT2D eigenvalue weighted by atomic mass is 10.1. The maximum Gasteiger partial charge on any atom is 0.339 e. The molecule has 26 heavy (non-hydrogen) atoms. The predicted molar refractivity (Wildman–Crippen MR) is 97.3 cm³/mol. The number of amides is 2.